The van der Waals surface area contributed by atoms with Crippen molar-refractivity contribution in [3.8, 4) is 0 Å². The minimum Gasteiger partial charge on any atom is -0.0955 e. The highest BCUT2D eigenvalue weighted by Crippen LogP contribution is 2.31. The van der Waals surface area contributed by atoms with Crippen molar-refractivity contribution in [1.29, 1.82) is 0 Å². The molecule has 1 unspecified atom stereocenters. The second-order valence-corrected chi connectivity index (χ2v) is 10.4. The Morgan fingerprint density at radius 1 is 0.756 bits per heavy atom. The van der Waals surface area contributed by atoms with Crippen molar-refractivity contribution in [2.45, 2.75) is 187 Å². The fourth-order valence-electron chi connectivity index (χ4n) is 3.28. The molecular weight excluding hydrogens is 492 g/mol. The van der Waals surface area contributed by atoms with Crippen molar-refractivity contribution >= 4 is 0 Å². The lowest BCUT2D eigenvalue weighted by Crippen LogP contribution is -2.19. The molecule has 0 heterocycles. The molecule has 0 saturated heterocycles. The van der Waals surface area contributed by atoms with E-state index in [0.717, 1.165) is 5.92 Å². The highest BCUT2D eigenvalue weighted by atomic mass is 14.3. The second-order valence-electron chi connectivity index (χ2n) is 10.4. The summed E-state index contributed by atoms with van der Waals surface area (Å²) in [5, 5.41) is 0. The van der Waals surface area contributed by atoms with Gasteiger partial charge in [0.1, 0.15) is 0 Å². The van der Waals surface area contributed by atoms with E-state index < -0.39 is 0 Å². The van der Waals surface area contributed by atoms with Gasteiger partial charge in [0.05, 0.1) is 0 Å². The second kappa shape index (κ2) is 38.4. The molecule has 0 aromatic heterocycles. The number of benzene rings is 1. The molecule has 1 atom stereocenters. The number of unbranched alkanes of at least 4 members (excludes halogenated alkanes) is 2. The molecule has 1 aromatic carbocycles. The molecule has 41 heavy (non-hydrogen) atoms. The summed E-state index contributed by atoms with van der Waals surface area (Å²) in [6.45, 7) is 38.2. The molecule has 1 aliphatic rings. The van der Waals surface area contributed by atoms with Gasteiger partial charge >= 0.3 is 0 Å². The normalized spacial score (nSPS) is 11.7. The third-order valence-corrected chi connectivity index (χ3v) is 7.32. The van der Waals surface area contributed by atoms with Gasteiger partial charge < -0.3 is 0 Å². The van der Waals surface area contributed by atoms with Crippen LogP contribution in [0.15, 0.2) is 60.2 Å². The number of allylic oxidation sites excluding steroid dienone is 5. The number of hydrogen-bond acceptors (Lipinski definition) is 0. The van der Waals surface area contributed by atoms with Gasteiger partial charge in [0.25, 0.3) is 0 Å². The maximum Gasteiger partial charge on any atom is -0.00805 e. The standard InChI is InChI=1S/C18H30.C9H12.2C4H10.3C2H6/c1-6-15(4)9-10-16-11-13-17(14-12-16)18(5,7-2)8-3;1-8(2)9-6-4-3-5-7-9;2*1-3-4-2;3*1-2/h11-15H,6-10H2,1-5H3;4,6-7H,1,3,5H2,2H3;2*3-4H2,1-2H3;3*1-2H3. The molecular formula is C41H80. The molecule has 0 spiro atoms. The molecule has 0 aliphatic heterocycles. The molecule has 0 nitrogen and oxygen atoms in total. The first-order valence-electron chi connectivity index (χ1n) is 17.8. The van der Waals surface area contributed by atoms with E-state index in [1.807, 2.05) is 48.5 Å². The molecule has 0 fully saturated rings. The van der Waals surface area contributed by atoms with Crippen LogP contribution in [0.4, 0.5) is 0 Å². The Bertz CT molecular complexity index is 658. The highest BCUT2D eigenvalue weighted by Gasteiger charge is 2.21. The SMILES string of the molecule is C=C(C)C1=CCCC=C1.CC.CC.CC.CCC(C)CCc1ccc(C(C)(CC)CC)cc1.CCCC.CCCC. The fourth-order valence-corrected chi connectivity index (χ4v) is 3.28. The van der Waals surface area contributed by atoms with E-state index in [-0.39, 0.29) is 0 Å². The summed E-state index contributed by atoms with van der Waals surface area (Å²) < 4.78 is 0. The van der Waals surface area contributed by atoms with E-state index >= 15 is 0 Å². The summed E-state index contributed by atoms with van der Waals surface area (Å²) >= 11 is 0. The highest BCUT2D eigenvalue weighted by molar-refractivity contribution is 5.38. The molecule has 1 aliphatic carbocycles. The minimum atomic E-state index is 0.356. The predicted octanol–water partition coefficient (Wildman–Crippen LogP) is 15.3. The van der Waals surface area contributed by atoms with Gasteiger partial charge in [-0.3, -0.25) is 0 Å². The molecule has 0 N–H and O–H groups in total. The van der Waals surface area contributed by atoms with Crippen molar-refractivity contribution in [2.75, 3.05) is 0 Å². The quantitative estimate of drug-likeness (QED) is 0.261. The van der Waals surface area contributed by atoms with Crippen LogP contribution in [0.25, 0.3) is 0 Å². The van der Waals surface area contributed by atoms with Crippen molar-refractivity contribution < 1.29 is 0 Å². The Hall–Kier alpha value is -1.56. The largest absolute Gasteiger partial charge is 0.0955 e. The first-order chi connectivity index (χ1) is 19.7. The summed E-state index contributed by atoms with van der Waals surface area (Å²) in [7, 11) is 0. The van der Waals surface area contributed by atoms with Gasteiger partial charge in [0.2, 0.25) is 0 Å². The van der Waals surface area contributed by atoms with Crippen LogP contribution in [0.1, 0.15) is 186 Å². The third kappa shape index (κ3) is 29.7. The summed E-state index contributed by atoms with van der Waals surface area (Å²) in [6, 6.07) is 9.36. The Morgan fingerprint density at radius 3 is 1.46 bits per heavy atom. The maximum absolute atomic E-state index is 3.86. The van der Waals surface area contributed by atoms with Gasteiger partial charge in [-0.1, -0.05) is 191 Å². The summed E-state index contributed by atoms with van der Waals surface area (Å²) in [4.78, 5) is 0. The van der Waals surface area contributed by atoms with Crippen molar-refractivity contribution in [2.24, 2.45) is 5.92 Å². The van der Waals surface area contributed by atoms with Crippen molar-refractivity contribution in [1.82, 2.24) is 0 Å². The van der Waals surface area contributed by atoms with Crippen LogP contribution in [-0.4, -0.2) is 0 Å². The van der Waals surface area contributed by atoms with Gasteiger partial charge in [-0.2, -0.15) is 0 Å². The Morgan fingerprint density at radius 2 is 1.20 bits per heavy atom. The molecule has 0 radical (unpaired) electrons. The average Bonchev–Trinajstić information content (AvgIpc) is 3.07. The zero-order chi connectivity index (χ0) is 33.1. The molecule has 0 heteroatoms. The lowest BCUT2D eigenvalue weighted by Gasteiger charge is -2.27. The molecule has 1 aromatic rings. The summed E-state index contributed by atoms with van der Waals surface area (Å²) in [6.07, 6.45) is 20.5. The number of hydrogen-bond donors (Lipinski definition) is 0. The van der Waals surface area contributed by atoms with E-state index in [9.17, 15) is 0 Å². The topological polar surface area (TPSA) is 0 Å². The zero-order valence-electron chi connectivity index (χ0n) is 31.6. The Labute approximate surface area is 263 Å². The summed E-state index contributed by atoms with van der Waals surface area (Å²) in [5.74, 6) is 0.848. The van der Waals surface area contributed by atoms with E-state index in [0.29, 0.717) is 5.41 Å². The molecule has 244 valence electrons. The van der Waals surface area contributed by atoms with Crippen LogP contribution in [0, 0.1) is 5.92 Å². The van der Waals surface area contributed by atoms with E-state index in [2.05, 4.69) is 111 Å². The lowest BCUT2D eigenvalue weighted by atomic mass is 9.77. The molecule has 0 saturated carbocycles. The zero-order valence-corrected chi connectivity index (χ0v) is 31.6. The van der Waals surface area contributed by atoms with Gasteiger partial charge in [-0.05, 0) is 73.5 Å². The van der Waals surface area contributed by atoms with E-state index in [1.54, 1.807) is 0 Å². The smallest absolute Gasteiger partial charge is 0.00805 e. The minimum absolute atomic E-state index is 0.356. The molecule has 2 rings (SSSR count). The summed E-state index contributed by atoms with van der Waals surface area (Å²) in [5.41, 5.74) is 5.83. The van der Waals surface area contributed by atoms with Crippen LogP contribution in [0.5, 0.6) is 0 Å². The lowest BCUT2D eigenvalue weighted by molar-refractivity contribution is 0.438. The average molecular weight is 573 g/mol. The fraction of sp³-hybridized carbons (Fsp3) is 0.707. The first kappa shape index (κ1) is 49.1. The number of rotatable bonds is 10. The van der Waals surface area contributed by atoms with Crippen LogP contribution < -0.4 is 0 Å². The Balaban J connectivity index is -0.000000156. The van der Waals surface area contributed by atoms with Gasteiger partial charge in [-0.15, -0.1) is 0 Å². The van der Waals surface area contributed by atoms with Crippen LogP contribution in [0.3, 0.4) is 0 Å². The van der Waals surface area contributed by atoms with Gasteiger partial charge in [-0.25, -0.2) is 0 Å². The maximum atomic E-state index is 3.86. The van der Waals surface area contributed by atoms with E-state index in [1.165, 1.54) is 92.9 Å². The van der Waals surface area contributed by atoms with Crippen molar-refractivity contribution in [3.63, 3.8) is 0 Å². The van der Waals surface area contributed by atoms with Crippen molar-refractivity contribution in [3.05, 3.63) is 71.3 Å². The Kier molecular flexibility index (Phi) is 46.1. The predicted molar refractivity (Wildman–Crippen MR) is 199 cm³/mol. The third-order valence-electron chi connectivity index (χ3n) is 7.32. The first-order valence-corrected chi connectivity index (χ1v) is 17.8. The number of aryl methyl sites for hydroxylation is 1. The van der Waals surface area contributed by atoms with Crippen LogP contribution in [-0.2, 0) is 11.8 Å². The van der Waals surface area contributed by atoms with Crippen LogP contribution >= 0.6 is 0 Å². The molecule has 0 amide bonds. The van der Waals surface area contributed by atoms with Gasteiger partial charge in [0, 0.05) is 0 Å². The monoisotopic (exact) mass is 573 g/mol. The molecule has 0 bridgehead atoms. The van der Waals surface area contributed by atoms with Crippen LogP contribution in [0.2, 0.25) is 0 Å². The van der Waals surface area contributed by atoms with Gasteiger partial charge in [0.15, 0.2) is 0 Å². The van der Waals surface area contributed by atoms with E-state index in [4.69, 9.17) is 0 Å².